The standard InChI is InChI=1S/C20H23PSi/c1-22(2,3)20-15-14-19(16-20)21(17-10-6-4-7-11-17)18-12-8-5-9-13-18/h4-16,20H,1-3H3. The molecule has 0 heterocycles. The van der Waals surface area contributed by atoms with Crippen molar-refractivity contribution in [3.05, 3.63) is 84.2 Å². The third-order valence-electron chi connectivity index (χ3n) is 4.11. The highest BCUT2D eigenvalue weighted by atomic mass is 31.1. The lowest BCUT2D eigenvalue weighted by atomic mass is 10.4. The molecular formula is C20H23PSi. The van der Waals surface area contributed by atoms with Gasteiger partial charge in [-0.25, -0.2) is 0 Å². The first-order valence-electron chi connectivity index (χ1n) is 7.86. The van der Waals surface area contributed by atoms with Crippen LogP contribution in [0.1, 0.15) is 0 Å². The van der Waals surface area contributed by atoms with Crippen LogP contribution in [0.3, 0.4) is 0 Å². The molecular weight excluding hydrogens is 299 g/mol. The highest BCUT2D eigenvalue weighted by molar-refractivity contribution is 7.77. The van der Waals surface area contributed by atoms with Crippen LogP contribution >= 0.6 is 7.92 Å². The Balaban J connectivity index is 2.03. The molecule has 1 unspecified atom stereocenters. The first kappa shape index (κ1) is 15.5. The minimum absolute atomic E-state index is 0.429. The van der Waals surface area contributed by atoms with Crippen LogP contribution < -0.4 is 10.6 Å². The second-order valence-corrected chi connectivity index (χ2v) is 14.5. The van der Waals surface area contributed by atoms with Crippen molar-refractivity contribution in [2.45, 2.75) is 25.2 Å². The topological polar surface area (TPSA) is 0 Å². The fourth-order valence-corrected chi connectivity index (χ4v) is 6.66. The molecule has 0 N–H and O–H groups in total. The summed E-state index contributed by atoms with van der Waals surface area (Å²) in [5.74, 6) is 0. The fourth-order valence-electron chi connectivity index (χ4n) is 2.79. The summed E-state index contributed by atoms with van der Waals surface area (Å²) in [6, 6.07) is 21.9. The van der Waals surface area contributed by atoms with Crippen molar-refractivity contribution in [1.82, 2.24) is 0 Å². The van der Waals surface area contributed by atoms with Gasteiger partial charge in [0.15, 0.2) is 0 Å². The Kier molecular flexibility index (Phi) is 4.47. The van der Waals surface area contributed by atoms with Gasteiger partial charge in [-0.15, -0.1) is 0 Å². The molecule has 0 aromatic heterocycles. The molecule has 0 amide bonds. The second kappa shape index (κ2) is 6.36. The Bertz CT molecular complexity index is 641. The molecule has 2 aromatic carbocycles. The number of allylic oxidation sites excluding steroid dienone is 4. The molecule has 1 aliphatic carbocycles. The zero-order valence-corrected chi connectivity index (χ0v) is 15.4. The summed E-state index contributed by atoms with van der Waals surface area (Å²) in [6.07, 6.45) is 7.36. The summed E-state index contributed by atoms with van der Waals surface area (Å²) in [5, 5.41) is 4.39. The van der Waals surface area contributed by atoms with Crippen LogP contribution in [0.15, 0.2) is 84.2 Å². The number of hydrogen-bond acceptors (Lipinski definition) is 0. The van der Waals surface area contributed by atoms with Crippen LogP contribution in [-0.2, 0) is 0 Å². The molecule has 0 bridgehead atoms. The van der Waals surface area contributed by atoms with Crippen molar-refractivity contribution in [1.29, 1.82) is 0 Å². The van der Waals surface area contributed by atoms with Crippen molar-refractivity contribution in [2.24, 2.45) is 0 Å². The van der Waals surface area contributed by atoms with Gasteiger partial charge >= 0.3 is 0 Å². The van der Waals surface area contributed by atoms with Crippen molar-refractivity contribution in [3.8, 4) is 0 Å². The lowest BCUT2D eigenvalue weighted by Gasteiger charge is -2.22. The molecule has 0 aliphatic heterocycles. The molecule has 1 aliphatic rings. The van der Waals surface area contributed by atoms with E-state index in [-0.39, 0.29) is 0 Å². The van der Waals surface area contributed by atoms with E-state index >= 15 is 0 Å². The summed E-state index contributed by atoms with van der Waals surface area (Å²) in [4.78, 5) is 0. The zero-order valence-electron chi connectivity index (χ0n) is 13.5. The van der Waals surface area contributed by atoms with Gasteiger partial charge in [0.05, 0.1) is 8.07 Å². The van der Waals surface area contributed by atoms with Crippen molar-refractivity contribution < 1.29 is 0 Å². The second-order valence-electron chi connectivity index (χ2n) is 6.85. The molecule has 22 heavy (non-hydrogen) atoms. The first-order chi connectivity index (χ1) is 10.6. The minimum Gasteiger partial charge on any atom is -0.0797 e. The van der Waals surface area contributed by atoms with Gasteiger partial charge in [-0.1, -0.05) is 98.5 Å². The predicted molar refractivity (Wildman–Crippen MR) is 103 cm³/mol. The summed E-state index contributed by atoms with van der Waals surface area (Å²) < 4.78 is 0. The number of rotatable bonds is 4. The third-order valence-corrected chi connectivity index (χ3v) is 8.91. The van der Waals surface area contributed by atoms with Gasteiger partial charge in [0, 0.05) is 0 Å². The predicted octanol–water partition coefficient (Wildman–Crippen LogP) is 5.28. The van der Waals surface area contributed by atoms with Crippen LogP contribution in [0.2, 0.25) is 25.2 Å². The molecule has 0 radical (unpaired) electrons. The molecule has 112 valence electrons. The number of benzene rings is 2. The van der Waals surface area contributed by atoms with E-state index < -0.39 is 16.0 Å². The molecule has 2 heteroatoms. The summed E-state index contributed by atoms with van der Waals surface area (Å²) in [7, 11) is -1.60. The largest absolute Gasteiger partial charge is 0.0797 e. The van der Waals surface area contributed by atoms with Gasteiger partial charge < -0.3 is 0 Å². The Morgan fingerprint density at radius 3 is 1.68 bits per heavy atom. The van der Waals surface area contributed by atoms with Gasteiger partial charge in [0.25, 0.3) is 0 Å². The fraction of sp³-hybridized carbons (Fsp3) is 0.200. The van der Waals surface area contributed by atoms with E-state index in [1.165, 1.54) is 15.9 Å². The summed E-state index contributed by atoms with van der Waals surface area (Å²) >= 11 is 0. The molecule has 0 fully saturated rings. The Morgan fingerprint density at radius 2 is 1.27 bits per heavy atom. The zero-order chi connectivity index (χ0) is 15.6. The first-order valence-corrected chi connectivity index (χ1v) is 12.8. The van der Waals surface area contributed by atoms with Crippen LogP contribution in [0.5, 0.6) is 0 Å². The van der Waals surface area contributed by atoms with Crippen molar-refractivity contribution in [3.63, 3.8) is 0 Å². The monoisotopic (exact) mass is 322 g/mol. The maximum atomic E-state index is 2.54. The Labute approximate surface area is 136 Å². The summed E-state index contributed by atoms with van der Waals surface area (Å²) in [6.45, 7) is 7.36. The average molecular weight is 322 g/mol. The van der Waals surface area contributed by atoms with E-state index in [1.807, 2.05) is 0 Å². The van der Waals surface area contributed by atoms with Gasteiger partial charge in [0.1, 0.15) is 0 Å². The van der Waals surface area contributed by atoms with Crippen LogP contribution in [0.25, 0.3) is 0 Å². The van der Waals surface area contributed by atoms with E-state index in [0.717, 1.165) is 0 Å². The van der Waals surface area contributed by atoms with Crippen molar-refractivity contribution in [2.75, 3.05) is 0 Å². The maximum Gasteiger partial charge on any atom is 0.0558 e. The molecule has 2 aromatic rings. The third kappa shape index (κ3) is 3.32. The maximum absolute atomic E-state index is 2.54. The SMILES string of the molecule is C[Si](C)(C)C1C=CC(P(c2ccccc2)c2ccccc2)=C1. The van der Waals surface area contributed by atoms with Gasteiger partial charge in [-0.3, -0.25) is 0 Å². The van der Waals surface area contributed by atoms with E-state index in [9.17, 15) is 0 Å². The minimum atomic E-state index is -1.17. The van der Waals surface area contributed by atoms with Gasteiger partial charge in [-0.2, -0.15) is 0 Å². The highest BCUT2D eigenvalue weighted by Gasteiger charge is 2.28. The van der Waals surface area contributed by atoms with Gasteiger partial charge in [0.2, 0.25) is 0 Å². The molecule has 0 saturated carbocycles. The van der Waals surface area contributed by atoms with E-state index in [1.54, 1.807) is 0 Å². The molecule has 0 nitrogen and oxygen atoms in total. The lowest BCUT2D eigenvalue weighted by molar-refractivity contribution is 1.29. The van der Waals surface area contributed by atoms with Gasteiger partial charge in [-0.05, 0) is 29.4 Å². The van der Waals surface area contributed by atoms with E-state index in [4.69, 9.17) is 0 Å². The molecule has 0 spiro atoms. The van der Waals surface area contributed by atoms with Crippen LogP contribution in [0.4, 0.5) is 0 Å². The highest BCUT2D eigenvalue weighted by Crippen LogP contribution is 2.48. The molecule has 0 saturated heterocycles. The smallest absolute Gasteiger partial charge is 0.0558 e. The van der Waals surface area contributed by atoms with Crippen molar-refractivity contribution >= 4 is 26.6 Å². The van der Waals surface area contributed by atoms with Crippen LogP contribution in [-0.4, -0.2) is 8.07 Å². The number of hydrogen-bond donors (Lipinski definition) is 0. The molecule has 1 atom stereocenters. The molecule has 3 rings (SSSR count). The summed E-state index contributed by atoms with van der Waals surface area (Å²) in [5.41, 5.74) is 0.667. The Hall–Kier alpha value is -1.43. The normalized spacial score (nSPS) is 17.8. The average Bonchev–Trinajstić information content (AvgIpc) is 2.99. The van der Waals surface area contributed by atoms with E-state index in [0.29, 0.717) is 5.54 Å². The van der Waals surface area contributed by atoms with E-state index in [2.05, 4.69) is 98.5 Å². The quantitative estimate of drug-likeness (QED) is 0.530. The lowest BCUT2D eigenvalue weighted by Crippen LogP contribution is -2.24. The Morgan fingerprint density at radius 1 is 0.773 bits per heavy atom. The van der Waals surface area contributed by atoms with Crippen LogP contribution in [0, 0.1) is 0 Å².